The lowest BCUT2D eigenvalue weighted by Gasteiger charge is -2.52. The largest absolute Gasteiger partial charge is 0.390 e. The summed E-state index contributed by atoms with van der Waals surface area (Å²) in [6.07, 6.45) is 47.3. The van der Waals surface area contributed by atoms with E-state index in [0.29, 0.717) is 23.7 Å². The first-order valence-electron chi connectivity index (χ1n) is 38.4. The molecule has 2 saturated heterocycles. The van der Waals surface area contributed by atoms with Gasteiger partial charge in [-0.2, -0.15) is 0 Å². The van der Waals surface area contributed by atoms with Gasteiger partial charge in [-0.1, -0.05) is 316 Å². The fourth-order valence-corrected chi connectivity index (χ4v) is 15.7. The van der Waals surface area contributed by atoms with Crippen molar-refractivity contribution < 1.29 is 24.4 Å². The number of hydrogen-bond acceptors (Lipinski definition) is 5. The standard InChI is InChI=1S/C80H158O5/c1-61(2)33-21-37-65(9)41-25-45-69(13)49-29-57-77(17,82)74-55-56-75(83-74)79(19,59-31-51-71(15)47-27-43-67(11)39-23-35-63(5)6)85-80(20,60-32-52-72(16)48-28-44-68(12)40-24-36-64(7)8)76-54-53-73(81)78(18,84-76)58-30-50-70(14)46-26-42-66(10)38-22-34-62(3)4/h61-76,81-82H,21-60H2,1-20H3/t65-,66-,67-,68-,69-,70-,71-,72-,73-,74-,75-,76+,77?,78+,79?,80?/m1/s1. The van der Waals surface area contributed by atoms with E-state index >= 15 is 0 Å². The smallest absolute Gasteiger partial charge is 0.0924 e. The van der Waals surface area contributed by atoms with Gasteiger partial charge in [0.25, 0.3) is 0 Å². The van der Waals surface area contributed by atoms with Crippen molar-refractivity contribution in [3.8, 4) is 0 Å². The Kier molecular flexibility index (Phi) is 41.5. The van der Waals surface area contributed by atoms with Gasteiger partial charge in [-0.15, -0.1) is 0 Å². The molecule has 2 aliphatic rings. The Morgan fingerprint density at radius 2 is 0.612 bits per heavy atom. The average molecular weight is 1200 g/mol. The molecule has 2 N–H and O–H groups in total. The first-order chi connectivity index (χ1) is 40.0. The fraction of sp³-hybridized carbons (Fsp3) is 1.00. The Morgan fingerprint density at radius 1 is 0.353 bits per heavy atom. The predicted octanol–water partition coefficient (Wildman–Crippen LogP) is 24.9. The molecule has 3 unspecified atom stereocenters. The van der Waals surface area contributed by atoms with Gasteiger partial charge in [0.1, 0.15) is 0 Å². The van der Waals surface area contributed by atoms with E-state index < -0.39 is 28.5 Å². The topological polar surface area (TPSA) is 68.2 Å². The van der Waals surface area contributed by atoms with Crippen LogP contribution in [0.1, 0.15) is 395 Å². The summed E-state index contributed by atoms with van der Waals surface area (Å²) in [7, 11) is 0. The van der Waals surface area contributed by atoms with Gasteiger partial charge in [0, 0.05) is 0 Å². The van der Waals surface area contributed by atoms with E-state index in [2.05, 4.69) is 138 Å². The van der Waals surface area contributed by atoms with Crippen molar-refractivity contribution in [2.45, 2.75) is 442 Å². The molecule has 0 aromatic rings. The molecule has 2 fully saturated rings. The summed E-state index contributed by atoms with van der Waals surface area (Å²) in [5.41, 5.74) is -2.58. The maximum absolute atomic E-state index is 12.4. The van der Waals surface area contributed by atoms with Crippen molar-refractivity contribution in [1.29, 1.82) is 0 Å². The van der Waals surface area contributed by atoms with Crippen LogP contribution in [0, 0.1) is 71.0 Å². The Hall–Kier alpha value is -0.200. The first-order valence-corrected chi connectivity index (χ1v) is 38.4. The zero-order valence-electron chi connectivity index (χ0n) is 61.6. The number of aliphatic hydroxyl groups is 2. The zero-order chi connectivity index (χ0) is 63.6. The lowest BCUT2D eigenvalue weighted by atomic mass is 9.78. The predicted molar refractivity (Wildman–Crippen MR) is 374 cm³/mol. The molecule has 0 amide bonds. The molecule has 16 atom stereocenters. The fourth-order valence-electron chi connectivity index (χ4n) is 15.7. The second-order valence-electron chi connectivity index (χ2n) is 34.2. The Labute approximate surface area is 534 Å². The summed E-state index contributed by atoms with van der Waals surface area (Å²) in [5.74, 6) is 9.22. The third-order valence-electron chi connectivity index (χ3n) is 22.3. The molecule has 5 nitrogen and oxygen atoms in total. The number of aliphatic hydroxyl groups excluding tert-OH is 1. The molecule has 0 saturated carbocycles. The molecule has 0 aromatic carbocycles. The number of ether oxygens (including phenoxy) is 3. The van der Waals surface area contributed by atoms with E-state index in [-0.39, 0.29) is 18.3 Å². The SMILES string of the molecule is CC(C)CCC[C@@H](C)CCC[C@@H](C)CCCC(C)(O)[C@H]1CC[C@H](C(C)(CCC[C@H](C)CCC[C@H](C)CCCC(C)C)OC(C)(CCC[C@H](C)CCC[C@H](C)CCCC(C)C)[C@@H]2CC[C@@H](O)[C@](C)(CCC[C@H](C)CCC[C@H](C)CCCC(C)C)O2)O1. The zero-order valence-corrected chi connectivity index (χ0v) is 61.6. The van der Waals surface area contributed by atoms with Crippen LogP contribution in [0.5, 0.6) is 0 Å². The van der Waals surface area contributed by atoms with Gasteiger partial charge >= 0.3 is 0 Å². The Balaban J connectivity index is 2.35. The molecule has 0 radical (unpaired) electrons. The Bertz CT molecular complexity index is 1590. The summed E-state index contributed by atoms with van der Waals surface area (Å²) in [5, 5.41) is 24.3. The second kappa shape index (κ2) is 43.6. The van der Waals surface area contributed by atoms with Crippen molar-refractivity contribution in [1.82, 2.24) is 0 Å². The van der Waals surface area contributed by atoms with Crippen LogP contribution in [0.4, 0.5) is 0 Å². The number of rotatable bonds is 53. The first kappa shape index (κ1) is 80.9. The minimum Gasteiger partial charge on any atom is -0.390 e. The van der Waals surface area contributed by atoms with Crippen LogP contribution in [0.2, 0.25) is 0 Å². The monoisotopic (exact) mass is 1200 g/mol. The minimum absolute atomic E-state index is 0.0988. The van der Waals surface area contributed by atoms with Gasteiger partial charge in [-0.05, 0) is 150 Å². The van der Waals surface area contributed by atoms with E-state index in [4.69, 9.17) is 14.2 Å². The van der Waals surface area contributed by atoms with Crippen molar-refractivity contribution in [3.05, 3.63) is 0 Å². The van der Waals surface area contributed by atoms with E-state index in [1.165, 1.54) is 180 Å². The lowest BCUT2D eigenvalue weighted by molar-refractivity contribution is -0.283. The molecule has 5 heteroatoms. The van der Waals surface area contributed by atoms with Crippen molar-refractivity contribution in [2.24, 2.45) is 71.0 Å². The van der Waals surface area contributed by atoms with Crippen molar-refractivity contribution >= 4 is 0 Å². The highest BCUT2D eigenvalue weighted by atomic mass is 16.6. The molecule has 0 aromatic heterocycles. The van der Waals surface area contributed by atoms with E-state index in [1.807, 2.05) is 0 Å². The van der Waals surface area contributed by atoms with Crippen LogP contribution in [0.25, 0.3) is 0 Å². The Morgan fingerprint density at radius 3 is 0.941 bits per heavy atom. The molecule has 2 heterocycles. The molecule has 85 heavy (non-hydrogen) atoms. The van der Waals surface area contributed by atoms with Crippen molar-refractivity contribution in [3.63, 3.8) is 0 Å². The van der Waals surface area contributed by atoms with Crippen LogP contribution in [-0.2, 0) is 14.2 Å². The highest BCUT2D eigenvalue weighted by Crippen LogP contribution is 2.47. The molecule has 508 valence electrons. The summed E-state index contributed by atoms with van der Waals surface area (Å²) in [4.78, 5) is 0. The van der Waals surface area contributed by atoms with Gasteiger partial charge in [0.05, 0.1) is 46.8 Å². The summed E-state index contributed by atoms with van der Waals surface area (Å²) >= 11 is 0. The van der Waals surface area contributed by atoms with Crippen LogP contribution < -0.4 is 0 Å². The lowest BCUT2D eigenvalue weighted by Crippen LogP contribution is -2.60. The minimum atomic E-state index is -0.875. The molecule has 0 spiro atoms. The molecule has 0 aliphatic carbocycles. The molecule has 2 rings (SSSR count). The molecule has 0 bridgehead atoms. The highest BCUT2D eigenvalue weighted by Gasteiger charge is 2.53. The maximum atomic E-state index is 12.4. The molecular formula is C80H158O5. The van der Waals surface area contributed by atoms with E-state index in [1.54, 1.807) is 0 Å². The summed E-state index contributed by atoms with van der Waals surface area (Å²) in [6.45, 7) is 47.7. The third kappa shape index (κ3) is 36.0. The van der Waals surface area contributed by atoms with Gasteiger partial charge < -0.3 is 24.4 Å². The molecule has 2 aliphatic heterocycles. The highest BCUT2D eigenvalue weighted by molar-refractivity contribution is 5.02. The normalized spacial score (nSPS) is 24.8. The van der Waals surface area contributed by atoms with Crippen LogP contribution in [-0.4, -0.2) is 57.0 Å². The average Bonchev–Trinajstić information content (AvgIpc) is 2.07. The van der Waals surface area contributed by atoms with E-state index in [0.717, 1.165) is 124 Å². The van der Waals surface area contributed by atoms with Gasteiger partial charge in [-0.3, -0.25) is 0 Å². The molecular weight excluding hydrogens is 1040 g/mol. The number of hydrogen-bond donors (Lipinski definition) is 2. The van der Waals surface area contributed by atoms with Crippen LogP contribution in [0.15, 0.2) is 0 Å². The maximum Gasteiger partial charge on any atom is 0.0924 e. The van der Waals surface area contributed by atoms with Gasteiger partial charge in [0.15, 0.2) is 0 Å². The van der Waals surface area contributed by atoms with E-state index in [9.17, 15) is 10.2 Å². The van der Waals surface area contributed by atoms with Gasteiger partial charge in [0.2, 0.25) is 0 Å². The quantitative estimate of drug-likeness (QED) is 0.0635. The summed E-state index contributed by atoms with van der Waals surface area (Å²) < 4.78 is 22.9. The van der Waals surface area contributed by atoms with Crippen molar-refractivity contribution in [2.75, 3.05) is 0 Å². The third-order valence-corrected chi connectivity index (χ3v) is 22.3. The van der Waals surface area contributed by atoms with Crippen LogP contribution >= 0.6 is 0 Å². The second-order valence-corrected chi connectivity index (χ2v) is 34.2. The van der Waals surface area contributed by atoms with Crippen LogP contribution in [0.3, 0.4) is 0 Å². The summed E-state index contributed by atoms with van der Waals surface area (Å²) in [6, 6.07) is 0. The van der Waals surface area contributed by atoms with Gasteiger partial charge in [-0.25, -0.2) is 0 Å².